The Morgan fingerprint density at radius 1 is 1.23 bits per heavy atom. The lowest BCUT2D eigenvalue weighted by Crippen LogP contribution is -2.15. The van der Waals surface area contributed by atoms with Crippen LogP contribution in [0.4, 0.5) is 26.3 Å². The first-order valence-electron chi connectivity index (χ1n) is 6.88. The van der Waals surface area contributed by atoms with E-state index in [1.54, 1.807) is 6.92 Å². The van der Waals surface area contributed by atoms with Crippen LogP contribution in [0.1, 0.15) is 18.3 Å². The highest BCUT2D eigenvalue weighted by Crippen LogP contribution is 2.36. The van der Waals surface area contributed by atoms with Crippen molar-refractivity contribution in [1.82, 2.24) is 19.7 Å². The van der Waals surface area contributed by atoms with Gasteiger partial charge in [-0.3, -0.25) is 4.79 Å². The van der Waals surface area contributed by atoms with Gasteiger partial charge in [0.05, 0.1) is 12.4 Å². The van der Waals surface area contributed by atoms with Crippen molar-refractivity contribution in [3.63, 3.8) is 0 Å². The van der Waals surface area contributed by atoms with E-state index in [0.29, 0.717) is 0 Å². The molecule has 0 radical (unpaired) electrons. The van der Waals surface area contributed by atoms with Gasteiger partial charge in [0.25, 0.3) is 0 Å². The molecule has 0 saturated carbocycles. The Hall–Kier alpha value is -2.31. The highest BCUT2D eigenvalue weighted by molar-refractivity contribution is 7.99. The lowest BCUT2D eigenvalue weighted by molar-refractivity contribution is -0.143. The van der Waals surface area contributed by atoms with Crippen LogP contribution in [0.5, 0.6) is 0 Å². The molecule has 0 unspecified atom stereocenters. The lowest BCUT2D eigenvalue weighted by atomic mass is 10.3. The minimum absolute atomic E-state index is 0.0406. The molecule has 2 heterocycles. The van der Waals surface area contributed by atoms with E-state index in [0.717, 1.165) is 24.0 Å². The largest absolute Gasteiger partial charge is 0.465 e. The average Bonchev–Trinajstić information content (AvgIpc) is 2.99. The van der Waals surface area contributed by atoms with Crippen molar-refractivity contribution in [2.45, 2.75) is 24.4 Å². The number of alkyl halides is 6. The van der Waals surface area contributed by atoms with Gasteiger partial charge in [-0.05, 0) is 6.92 Å². The molecule has 0 spiro atoms. The molecule has 0 saturated heterocycles. The molecule has 0 fully saturated rings. The number of carbonyl (C=O) groups is 1. The number of thioether (sulfide) groups is 1. The van der Waals surface area contributed by atoms with Crippen molar-refractivity contribution < 1.29 is 35.9 Å². The van der Waals surface area contributed by atoms with Crippen molar-refractivity contribution in [1.29, 1.82) is 0 Å². The number of aromatic nitrogens is 4. The van der Waals surface area contributed by atoms with E-state index in [9.17, 15) is 31.1 Å². The van der Waals surface area contributed by atoms with E-state index in [-0.39, 0.29) is 28.3 Å². The summed E-state index contributed by atoms with van der Waals surface area (Å²) < 4.78 is 82.0. The van der Waals surface area contributed by atoms with Gasteiger partial charge in [0.15, 0.2) is 22.4 Å². The molecular weight excluding hydrogens is 390 g/mol. The fourth-order valence-electron chi connectivity index (χ4n) is 1.74. The Balaban J connectivity index is 2.37. The van der Waals surface area contributed by atoms with Gasteiger partial charge in [0.1, 0.15) is 0 Å². The van der Waals surface area contributed by atoms with Crippen LogP contribution in [-0.4, -0.2) is 38.1 Å². The summed E-state index contributed by atoms with van der Waals surface area (Å²) in [6.07, 6.45) is -9.09. The quantitative estimate of drug-likeness (QED) is 0.332. The highest BCUT2D eigenvalue weighted by atomic mass is 32.2. The first kappa shape index (κ1) is 20.0. The number of ether oxygens (including phenoxy) is 1. The molecule has 0 bridgehead atoms. The number of nitrogens with zero attached hydrogens (tertiary/aromatic N) is 4. The van der Waals surface area contributed by atoms with Gasteiger partial charge in [0.2, 0.25) is 0 Å². The van der Waals surface area contributed by atoms with E-state index < -0.39 is 35.5 Å². The zero-order valence-electron chi connectivity index (χ0n) is 12.9. The molecule has 2 aromatic heterocycles. The number of halogens is 6. The molecule has 26 heavy (non-hydrogen) atoms. The SMILES string of the molecule is CCOC(=O)CSc1nccc(-n2nc(C(F)(F)F)cc2C(F)(F)F)n1. The molecule has 0 aliphatic carbocycles. The molecule has 0 aliphatic rings. The van der Waals surface area contributed by atoms with Gasteiger partial charge in [-0.25, -0.2) is 14.6 Å². The van der Waals surface area contributed by atoms with E-state index in [1.165, 1.54) is 0 Å². The summed E-state index contributed by atoms with van der Waals surface area (Å²) in [6.45, 7) is 1.73. The third kappa shape index (κ3) is 4.86. The molecule has 0 amide bonds. The molecule has 0 aliphatic heterocycles. The first-order chi connectivity index (χ1) is 12.0. The number of esters is 1. The van der Waals surface area contributed by atoms with Gasteiger partial charge in [0, 0.05) is 18.3 Å². The smallest absolute Gasteiger partial charge is 0.435 e. The van der Waals surface area contributed by atoms with Gasteiger partial charge < -0.3 is 4.74 Å². The predicted molar refractivity (Wildman–Crippen MR) is 76.5 cm³/mol. The van der Waals surface area contributed by atoms with Gasteiger partial charge in [-0.1, -0.05) is 11.8 Å². The number of hydrogen-bond acceptors (Lipinski definition) is 6. The molecule has 0 aromatic carbocycles. The summed E-state index contributed by atoms with van der Waals surface area (Å²) >= 11 is 0.762. The Labute approximate surface area is 146 Å². The van der Waals surface area contributed by atoms with E-state index >= 15 is 0 Å². The Morgan fingerprint density at radius 3 is 2.50 bits per heavy atom. The number of carbonyl (C=O) groups excluding carboxylic acids is 1. The van der Waals surface area contributed by atoms with Crippen LogP contribution in [0, 0.1) is 0 Å². The summed E-state index contributed by atoms with van der Waals surface area (Å²) in [5, 5.41) is 2.85. The van der Waals surface area contributed by atoms with Crippen LogP contribution < -0.4 is 0 Å². The summed E-state index contributed by atoms with van der Waals surface area (Å²) in [6, 6.07) is 0.865. The molecule has 0 atom stereocenters. The number of rotatable bonds is 5. The molecule has 2 aromatic rings. The zero-order chi connectivity index (χ0) is 19.5. The maximum atomic E-state index is 13.0. The van der Waals surface area contributed by atoms with E-state index in [4.69, 9.17) is 0 Å². The maximum Gasteiger partial charge on any atom is 0.435 e. The Bertz CT molecular complexity index is 790. The summed E-state index contributed by atoms with van der Waals surface area (Å²) in [5.41, 5.74) is -3.34. The van der Waals surface area contributed by atoms with Crippen molar-refractivity contribution in [2.75, 3.05) is 12.4 Å². The zero-order valence-corrected chi connectivity index (χ0v) is 13.7. The second-order valence-electron chi connectivity index (χ2n) is 4.61. The Kier molecular flexibility index (Phi) is 5.78. The normalized spacial score (nSPS) is 12.3. The third-order valence-corrected chi connectivity index (χ3v) is 3.59. The van der Waals surface area contributed by atoms with Gasteiger partial charge in [-0.15, -0.1) is 0 Å². The summed E-state index contributed by atoms with van der Waals surface area (Å²) in [4.78, 5) is 18.7. The minimum atomic E-state index is -5.08. The monoisotopic (exact) mass is 400 g/mol. The minimum Gasteiger partial charge on any atom is -0.465 e. The van der Waals surface area contributed by atoms with Crippen LogP contribution in [0.3, 0.4) is 0 Å². The van der Waals surface area contributed by atoms with E-state index in [1.807, 2.05) is 0 Å². The lowest BCUT2D eigenvalue weighted by Gasteiger charge is -2.09. The fraction of sp³-hybridized carbons (Fsp3) is 0.385. The fourth-order valence-corrected chi connectivity index (χ4v) is 2.37. The second kappa shape index (κ2) is 7.51. The van der Waals surface area contributed by atoms with Gasteiger partial charge >= 0.3 is 18.3 Å². The molecule has 6 nitrogen and oxygen atoms in total. The molecule has 2 rings (SSSR count). The van der Waals surface area contributed by atoms with E-state index in [2.05, 4.69) is 19.8 Å². The predicted octanol–water partition coefficient (Wildman–Crippen LogP) is 3.36. The Morgan fingerprint density at radius 2 is 1.92 bits per heavy atom. The molecule has 0 N–H and O–H groups in total. The number of hydrogen-bond donors (Lipinski definition) is 0. The van der Waals surface area contributed by atoms with Gasteiger partial charge in [-0.2, -0.15) is 31.4 Å². The first-order valence-corrected chi connectivity index (χ1v) is 7.87. The van der Waals surface area contributed by atoms with Crippen LogP contribution in [0.25, 0.3) is 5.82 Å². The average molecular weight is 400 g/mol. The standard InChI is InChI=1S/C13H10F6N4O2S/c1-2-25-10(24)6-26-11-20-4-3-9(21-11)23-8(13(17,18)19)5-7(22-23)12(14,15)16/h3-5H,2,6H2,1H3. The third-order valence-electron chi connectivity index (χ3n) is 2.75. The second-order valence-corrected chi connectivity index (χ2v) is 5.56. The van der Waals surface area contributed by atoms with Crippen molar-refractivity contribution in [3.8, 4) is 5.82 Å². The summed E-state index contributed by atoms with van der Waals surface area (Å²) in [7, 11) is 0. The maximum absolute atomic E-state index is 13.0. The topological polar surface area (TPSA) is 69.9 Å². The van der Waals surface area contributed by atoms with Crippen molar-refractivity contribution in [2.24, 2.45) is 0 Å². The van der Waals surface area contributed by atoms with Crippen molar-refractivity contribution in [3.05, 3.63) is 29.7 Å². The van der Waals surface area contributed by atoms with Crippen LogP contribution in [-0.2, 0) is 21.9 Å². The summed E-state index contributed by atoms with van der Waals surface area (Å²) in [5.74, 6) is -1.33. The molecular formula is C13H10F6N4O2S. The molecule has 13 heteroatoms. The van der Waals surface area contributed by atoms with Crippen LogP contribution >= 0.6 is 11.8 Å². The van der Waals surface area contributed by atoms with Crippen molar-refractivity contribution >= 4 is 17.7 Å². The van der Waals surface area contributed by atoms with Crippen LogP contribution in [0.2, 0.25) is 0 Å². The molecule has 142 valence electrons. The highest BCUT2D eigenvalue weighted by Gasteiger charge is 2.42. The van der Waals surface area contributed by atoms with Crippen LogP contribution in [0.15, 0.2) is 23.5 Å².